The average Bonchev–Trinajstić information content (AvgIpc) is 2.17. The fraction of sp³-hybridized carbons (Fsp3) is 0.867. The minimum absolute atomic E-state index is 0.836. The van der Waals surface area contributed by atoms with Crippen LogP contribution < -0.4 is 0 Å². The van der Waals surface area contributed by atoms with Crippen LogP contribution in [0.1, 0.15) is 53.4 Å². The van der Waals surface area contributed by atoms with Crippen molar-refractivity contribution in [3.05, 3.63) is 11.6 Å². The predicted molar refractivity (Wildman–Crippen MR) is 66.7 cm³/mol. The van der Waals surface area contributed by atoms with E-state index in [1.807, 2.05) is 5.57 Å². The Balaban J connectivity index is 2.24. The summed E-state index contributed by atoms with van der Waals surface area (Å²) >= 11 is 0. The quantitative estimate of drug-likeness (QED) is 0.547. The molecule has 86 valence electrons. The van der Waals surface area contributed by atoms with Gasteiger partial charge in [0.15, 0.2) is 0 Å². The van der Waals surface area contributed by atoms with E-state index in [9.17, 15) is 0 Å². The van der Waals surface area contributed by atoms with Crippen molar-refractivity contribution in [3.8, 4) is 0 Å². The first kappa shape index (κ1) is 11.2. The summed E-state index contributed by atoms with van der Waals surface area (Å²) in [4.78, 5) is 0. The summed E-state index contributed by atoms with van der Waals surface area (Å²) in [5.41, 5.74) is 1.84. The van der Waals surface area contributed by atoms with Crippen molar-refractivity contribution in [3.63, 3.8) is 0 Å². The summed E-state index contributed by atoms with van der Waals surface area (Å²) in [6.07, 6.45) is 8.39. The van der Waals surface area contributed by atoms with Gasteiger partial charge in [-0.1, -0.05) is 39.3 Å². The molecule has 2 aliphatic carbocycles. The van der Waals surface area contributed by atoms with Crippen molar-refractivity contribution in [2.24, 2.45) is 29.6 Å². The zero-order valence-corrected chi connectivity index (χ0v) is 10.8. The topological polar surface area (TPSA) is 0 Å². The van der Waals surface area contributed by atoms with Gasteiger partial charge in [0.05, 0.1) is 0 Å². The van der Waals surface area contributed by atoms with Gasteiger partial charge in [-0.2, -0.15) is 0 Å². The molecule has 1 fully saturated rings. The van der Waals surface area contributed by atoms with Crippen molar-refractivity contribution in [2.45, 2.75) is 53.4 Å². The van der Waals surface area contributed by atoms with E-state index in [4.69, 9.17) is 0 Å². The lowest BCUT2D eigenvalue weighted by molar-refractivity contribution is 0.209. The van der Waals surface area contributed by atoms with Crippen LogP contribution in [-0.4, -0.2) is 0 Å². The molecule has 0 bridgehead atoms. The summed E-state index contributed by atoms with van der Waals surface area (Å²) in [7, 11) is 0. The van der Waals surface area contributed by atoms with Crippen molar-refractivity contribution in [2.75, 3.05) is 0 Å². The first-order valence-electron chi connectivity index (χ1n) is 6.81. The van der Waals surface area contributed by atoms with Crippen LogP contribution in [0.25, 0.3) is 0 Å². The number of hydrogen-bond donors (Lipinski definition) is 0. The second-order valence-corrected chi connectivity index (χ2v) is 6.23. The summed E-state index contributed by atoms with van der Waals surface area (Å²) in [6, 6.07) is 0. The van der Waals surface area contributed by atoms with Gasteiger partial charge in [0.2, 0.25) is 0 Å². The van der Waals surface area contributed by atoms with E-state index in [0.29, 0.717) is 0 Å². The number of hydrogen-bond acceptors (Lipinski definition) is 0. The summed E-state index contributed by atoms with van der Waals surface area (Å²) in [5, 5.41) is 0. The van der Waals surface area contributed by atoms with E-state index in [1.54, 1.807) is 0 Å². The molecule has 0 saturated heterocycles. The number of rotatable bonds is 1. The smallest absolute Gasteiger partial charge is 0.0174 e. The van der Waals surface area contributed by atoms with Gasteiger partial charge in [-0.25, -0.2) is 0 Å². The maximum atomic E-state index is 2.62. The Bertz CT molecular complexity index is 249. The van der Waals surface area contributed by atoms with E-state index < -0.39 is 0 Å². The largest absolute Gasteiger partial charge is 0.0819 e. The molecule has 0 heteroatoms. The average molecular weight is 206 g/mol. The second-order valence-electron chi connectivity index (χ2n) is 6.23. The molecule has 0 unspecified atom stereocenters. The molecule has 4 atom stereocenters. The van der Waals surface area contributed by atoms with E-state index >= 15 is 0 Å². The normalized spacial score (nSPS) is 41.3. The van der Waals surface area contributed by atoms with Crippen molar-refractivity contribution in [1.29, 1.82) is 0 Å². The molecule has 2 rings (SSSR count). The molecule has 0 aromatic carbocycles. The van der Waals surface area contributed by atoms with Gasteiger partial charge < -0.3 is 0 Å². The molecule has 0 amide bonds. The molecular weight excluding hydrogens is 180 g/mol. The minimum atomic E-state index is 0.836. The molecule has 0 aliphatic heterocycles. The van der Waals surface area contributed by atoms with Crippen LogP contribution in [0.3, 0.4) is 0 Å². The lowest BCUT2D eigenvalue weighted by Crippen LogP contribution is -2.31. The van der Waals surface area contributed by atoms with Gasteiger partial charge in [0.1, 0.15) is 0 Å². The van der Waals surface area contributed by atoms with Crippen molar-refractivity contribution in [1.82, 2.24) is 0 Å². The molecule has 0 aromatic rings. The molecule has 1 saturated carbocycles. The predicted octanol–water partition coefficient (Wildman–Crippen LogP) is 4.66. The van der Waals surface area contributed by atoms with E-state index in [0.717, 1.165) is 29.6 Å². The highest BCUT2D eigenvalue weighted by molar-refractivity contribution is 5.19. The lowest BCUT2D eigenvalue weighted by Gasteiger charge is -2.42. The number of allylic oxidation sites excluding steroid dienone is 2. The van der Waals surface area contributed by atoms with Gasteiger partial charge in [0.25, 0.3) is 0 Å². The van der Waals surface area contributed by atoms with Crippen LogP contribution in [0.5, 0.6) is 0 Å². The Kier molecular flexibility index (Phi) is 3.23. The highest BCUT2D eigenvalue weighted by atomic mass is 14.4. The monoisotopic (exact) mass is 206 g/mol. The fourth-order valence-corrected chi connectivity index (χ4v) is 3.68. The van der Waals surface area contributed by atoms with E-state index in [1.165, 1.54) is 25.7 Å². The first-order valence-corrected chi connectivity index (χ1v) is 6.81. The van der Waals surface area contributed by atoms with Crippen LogP contribution in [0.4, 0.5) is 0 Å². The molecule has 15 heavy (non-hydrogen) atoms. The standard InChI is InChI=1S/C15H26/c1-10(2)13-8-6-12(4)14-7-5-11(3)9-15(13)14/h9-14H,5-8H2,1-4H3/t11-,12-,13-,14-/m0/s1. The Hall–Kier alpha value is -0.260. The van der Waals surface area contributed by atoms with Crippen LogP contribution in [0.15, 0.2) is 11.6 Å². The Morgan fingerprint density at radius 2 is 1.80 bits per heavy atom. The maximum Gasteiger partial charge on any atom is -0.0174 e. The lowest BCUT2D eigenvalue weighted by atomic mass is 9.63. The Morgan fingerprint density at radius 3 is 2.47 bits per heavy atom. The summed E-state index contributed by atoms with van der Waals surface area (Å²) < 4.78 is 0. The Morgan fingerprint density at radius 1 is 1.07 bits per heavy atom. The van der Waals surface area contributed by atoms with Gasteiger partial charge in [0, 0.05) is 0 Å². The molecule has 0 N–H and O–H groups in total. The Labute approximate surface area is 95.1 Å². The maximum absolute atomic E-state index is 2.62. The van der Waals surface area contributed by atoms with Gasteiger partial charge in [-0.15, -0.1) is 0 Å². The van der Waals surface area contributed by atoms with Crippen LogP contribution >= 0.6 is 0 Å². The fourth-order valence-electron chi connectivity index (χ4n) is 3.68. The summed E-state index contributed by atoms with van der Waals surface area (Å²) in [5.74, 6) is 4.45. The van der Waals surface area contributed by atoms with Crippen LogP contribution in [-0.2, 0) is 0 Å². The number of fused-ring (bicyclic) bond motifs is 1. The zero-order valence-electron chi connectivity index (χ0n) is 10.8. The molecule has 0 spiro atoms. The summed E-state index contributed by atoms with van der Waals surface area (Å²) in [6.45, 7) is 9.65. The van der Waals surface area contributed by atoms with Gasteiger partial charge >= 0.3 is 0 Å². The van der Waals surface area contributed by atoms with Crippen molar-refractivity contribution >= 4 is 0 Å². The van der Waals surface area contributed by atoms with Crippen LogP contribution in [0, 0.1) is 29.6 Å². The SMILES string of the molecule is CC(C)[C@@H]1CC[C@H](C)[C@@H]2CC[C@H](C)C=C12. The molecule has 0 heterocycles. The molecule has 0 nitrogen and oxygen atoms in total. The van der Waals surface area contributed by atoms with E-state index in [-0.39, 0.29) is 0 Å². The van der Waals surface area contributed by atoms with E-state index in [2.05, 4.69) is 33.8 Å². The molecular formula is C15H26. The molecule has 0 aromatic heterocycles. The third kappa shape index (κ3) is 2.14. The minimum Gasteiger partial charge on any atom is -0.0819 e. The first-order chi connectivity index (χ1) is 7.09. The highest BCUT2D eigenvalue weighted by Gasteiger charge is 2.35. The second kappa shape index (κ2) is 4.31. The van der Waals surface area contributed by atoms with Crippen LogP contribution in [0.2, 0.25) is 0 Å². The third-order valence-electron chi connectivity index (χ3n) is 4.69. The third-order valence-corrected chi connectivity index (χ3v) is 4.69. The van der Waals surface area contributed by atoms with Crippen molar-refractivity contribution < 1.29 is 0 Å². The molecule has 2 aliphatic rings. The highest BCUT2D eigenvalue weighted by Crippen LogP contribution is 2.46. The van der Waals surface area contributed by atoms with Gasteiger partial charge in [-0.3, -0.25) is 0 Å². The zero-order chi connectivity index (χ0) is 11.0. The molecule has 0 radical (unpaired) electrons. The van der Waals surface area contributed by atoms with Gasteiger partial charge in [-0.05, 0) is 55.3 Å².